The summed E-state index contributed by atoms with van der Waals surface area (Å²) < 4.78 is 0. The number of likely N-dealkylation sites (N-methyl/N-ethyl adjacent to an activating group) is 1. The van der Waals surface area contributed by atoms with Crippen LogP contribution in [0.5, 0.6) is 0 Å². The molecule has 1 amide bonds. The van der Waals surface area contributed by atoms with Gasteiger partial charge in [-0.2, -0.15) is 0 Å². The van der Waals surface area contributed by atoms with Crippen LogP contribution < -0.4 is 5.32 Å². The number of nitrogens with one attached hydrogen (secondary N) is 1. The summed E-state index contributed by atoms with van der Waals surface area (Å²) in [4.78, 5) is 14.4. The lowest BCUT2D eigenvalue weighted by Gasteiger charge is -2.30. The molecule has 1 heterocycles. The summed E-state index contributed by atoms with van der Waals surface area (Å²) in [5.74, 6) is 0.271. The first-order chi connectivity index (χ1) is 7.64. The van der Waals surface area contributed by atoms with E-state index in [0.29, 0.717) is 0 Å². The highest BCUT2D eigenvalue weighted by Crippen LogP contribution is 2.31. The molecule has 0 radical (unpaired) electrons. The SMILES string of the molecule is CNC1CC(C)(C)CCN(CC(C)(C)C)C1=O. The van der Waals surface area contributed by atoms with Crippen molar-refractivity contribution < 1.29 is 4.79 Å². The predicted octanol–water partition coefficient (Wildman–Crippen LogP) is 2.27. The van der Waals surface area contributed by atoms with Crippen LogP contribution in [0.25, 0.3) is 0 Å². The maximum atomic E-state index is 12.4. The number of carbonyl (C=O) groups excluding carboxylic acids is 1. The topological polar surface area (TPSA) is 32.3 Å². The van der Waals surface area contributed by atoms with Crippen molar-refractivity contribution in [1.29, 1.82) is 0 Å². The van der Waals surface area contributed by atoms with E-state index in [4.69, 9.17) is 0 Å². The minimum atomic E-state index is -0.0187. The molecule has 1 fully saturated rings. The first-order valence-electron chi connectivity index (χ1n) is 6.61. The molecule has 3 nitrogen and oxygen atoms in total. The highest BCUT2D eigenvalue weighted by molar-refractivity contribution is 5.82. The Labute approximate surface area is 106 Å². The third kappa shape index (κ3) is 4.30. The summed E-state index contributed by atoms with van der Waals surface area (Å²) >= 11 is 0. The summed E-state index contributed by atoms with van der Waals surface area (Å²) in [6.07, 6.45) is 2.02. The van der Waals surface area contributed by atoms with Gasteiger partial charge in [-0.1, -0.05) is 34.6 Å². The lowest BCUT2D eigenvalue weighted by atomic mass is 9.83. The molecule has 1 rings (SSSR count). The fraction of sp³-hybridized carbons (Fsp3) is 0.929. The third-order valence-electron chi connectivity index (χ3n) is 3.44. The lowest BCUT2D eigenvalue weighted by molar-refractivity contribution is -0.134. The van der Waals surface area contributed by atoms with Crippen molar-refractivity contribution in [3.63, 3.8) is 0 Å². The lowest BCUT2D eigenvalue weighted by Crippen LogP contribution is -2.46. The van der Waals surface area contributed by atoms with E-state index in [0.717, 1.165) is 25.9 Å². The van der Waals surface area contributed by atoms with Crippen molar-refractivity contribution in [3.05, 3.63) is 0 Å². The van der Waals surface area contributed by atoms with Crippen molar-refractivity contribution >= 4 is 5.91 Å². The van der Waals surface area contributed by atoms with Gasteiger partial charge in [0.05, 0.1) is 6.04 Å². The zero-order chi connectivity index (χ0) is 13.3. The number of rotatable bonds is 2. The third-order valence-corrected chi connectivity index (χ3v) is 3.44. The number of amides is 1. The highest BCUT2D eigenvalue weighted by Gasteiger charge is 2.35. The maximum Gasteiger partial charge on any atom is 0.239 e. The summed E-state index contributed by atoms with van der Waals surface area (Å²) in [7, 11) is 1.89. The van der Waals surface area contributed by atoms with Gasteiger partial charge in [0.2, 0.25) is 5.91 Å². The van der Waals surface area contributed by atoms with E-state index in [2.05, 4.69) is 39.9 Å². The Bertz CT molecular complexity index is 278. The molecule has 0 spiro atoms. The Morgan fingerprint density at radius 1 is 1.41 bits per heavy atom. The summed E-state index contributed by atoms with van der Waals surface area (Å²) in [6.45, 7) is 12.8. The molecule has 1 unspecified atom stereocenters. The number of hydrogen-bond acceptors (Lipinski definition) is 2. The van der Waals surface area contributed by atoms with Crippen LogP contribution >= 0.6 is 0 Å². The van der Waals surface area contributed by atoms with Crippen molar-refractivity contribution in [3.8, 4) is 0 Å². The molecule has 1 N–H and O–H groups in total. The highest BCUT2D eigenvalue weighted by atomic mass is 16.2. The molecule has 17 heavy (non-hydrogen) atoms. The largest absolute Gasteiger partial charge is 0.341 e. The zero-order valence-corrected chi connectivity index (χ0v) is 12.3. The van der Waals surface area contributed by atoms with Gasteiger partial charge in [-0.25, -0.2) is 0 Å². The second-order valence-corrected chi connectivity index (χ2v) is 7.28. The normalized spacial score (nSPS) is 25.9. The molecule has 0 aliphatic carbocycles. The molecule has 0 bridgehead atoms. The Morgan fingerprint density at radius 3 is 2.47 bits per heavy atom. The van der Waals surface area contributed by atoms with Crippen LogP contribution in [0, 0.1) is 10.8 Å². The molecular formula is C14H28N2O. The number of nitrogens with zero attached hydrogens (tertiary/aromatic N) is 1. The van der Waals surface area contributed by atoms with E-state index in [1.165, 1.54) is 0 Å². The van der Waals surface area contributed by atoms with Gasteiger partial charge in [-0.3, -0.25) is 4.79 Å². The van der Waals surface area contributed by atoms with Crippen LogP contribution in [0.15, 0.2) is 0 Å². The predicted molar refractivity (Wildman–Crippen MR) is 71.9 cm³/mol. The Kier molecular flexibility index (Phi) is 4.23. The second kappa shape index (κ2) is 4.97. The van der Waals surface area contributed by atoms with E-state index in [-0.39, 0.29) is 22.8 Å². The van der Waals surface area contributed by atoms with Gasteiger partial charge in [0.1, 0.15) is 0 Å². The molecule has 3 heteroatoms. The van der Waals surface area contributed by atoms with Gasteiger partial charge in [-0.05, 0) is 30.7 Å². The number of hydrogen-bond donors (Lipinski definition) is 1. The molecule has 0 saturated carbocycles. The van der Waals surface area contributed by atoms with Gasteiger partial charge < -0.3 is 10.2 Å². The van der Waals surface area contributed by atoms with Crippen LogP contribution in [-0.4, -0.2) is 37.0 Å². The molecule has 1 aliphatic rings. The molecule has 0 aromatic carbocycles. The summed E-state index contributed by atoms with van der Waals surface area (Å²) in [5, 5.41) is 3.17. The van der Waals surface area contributed by atoms with Gasteiger partial charge in [0, 0.05) is 13.1 Å². The Morgan fingerprint density at radius 2 is 2.00 bits per heavy atom. The summed E-state index contributed by atoms with van der Waals surface area (Å²) in [5.41, 5.74) is 0.415. The molecule has 1 saturated heterocycles. The van der Waals surface area contributed by atoms with E-state index in [1.54, 1.807) is 0 Å². The van der Waals surface area contributed by atoms with E-state index in [9.17, 15) is 4.79 Å². The van der Waals surface area contributed by atoms with E-state index >= 15 is 0 Å². The van der Waals surface area contributed by atoms with Crippen LogP contribution in [0.2, 0.25) is 0 Å². The minimum Gasteiger partial charge on any atom is -0.341 e. The van der Waals surface area contributed by atoms with E-state index in [1.807, 2.05) is 11.9 Å². The fourth-order valence-electron chi connectivity index (χ4n) is 2.47. The summed E-state index contributed by atoms with van der Waals surface area (Å²) in [6, 6.07) is -0.0187. The Hall–Kier alpha value is -0.570. The van der Waals surface area contributed by atoms with Crippen LogP contribution in [0.1, 0.15) is 47.5 Å². The van der Waals surface area contributed by atoms with Crippen molar-refractivity contribution in [2.24, 2.45) is 10.8 Å². The second-order valence-electron chi connectivity index (χ2n) is 7.28. The number of carbonyl (C=O) groups is 1. The van der Waals surface area contributed by atoms with Gasteiger partial charge in [0.25, 0.3) is 0 Å². The zero-order valence-electron chi connectivity index (χ0n) is 12.3. The average molecular weight is 240 g/mol. The Balaban J connectivity index is 2.82. The van der Waals surface area contributed by atoms with E-state index < -0.39 is 0 Å². The van der Waals surface area contributed by atoms with Crippen LogP contribution in [0.4, 0.5) is 0 Å². The van der Waals surface area contributed by atoms with Gasteiger partial charge in [0.15, 0.2) is 0 Å². The first-order valence-corrected chi connectivity index (χ1v) is 6.61. The smallest absolute Gasteiger partial charge is 0.239 e. The molecule has 1 atom stereocenters. The average Bonchev–Trinajstić information content (AvgIpc) is 2.27. The van der Waals surface area contributed by atoms with Crippen molar-refractivity contribution in [2.45, 2.75) is 53.5 Å². The van der Waals surface area contributed by atoms with Gasteiger partial charge >= 0.3 is 0 Å². The quantitative estimate of drug-likeness (QED) is 0.803. The molecule has 100 valence electrons. The minimum absolute atomic E-state index is 0.0187. The fourth-order valence-corrected chi connectivity index (χ4v) is 2.47. The molecule has 1 aliphatic heterocycles. The van der Waals surface area contributed by atoms with Crippen LogP contribution in [0.3, 0.4) is 0 Å². The number of likely N-dealkylation sites (tertiary alicyclic amines) is 1. The van der Waals surface area contributed by atoms with Crippen molar-refractivity contribution in [1.82, 2.24) is 10.2 Å². The molecule has 0 aromatic rings. The van der Waals surface area contributed by atoms with Crippen LogP contribution in [-0.2, 0) is 4.79 Å². The monoisotopic (exact) mass is 240 g/mol. The maximum absolute atomic E-state index is 12.4. The van der Waals surface area contributed by atoms with Crippen molar-refractivity contribution in [2.75, 3.05) is 20.1 Å². The molecule has 0 aromatic heterocycles. The molecular weight excluding hydrogens is 212 g/mol. The van der Waals surface area contributed by atoms with Gasteiger partial charge in [-0.15, -0.1) is 0 Å². The standard InChI is InChI=1S/C14H28N2O/c1-13(2,3)10-16-8-7-14(4,5)9-11(15-6)12(16)17/h11,15H,7-10H2,1-6H3. The first kappa shape index (κ1) is 14.5.